The lowest BCUT2D eigenvalue weighted by molar-refractivity contribution is 0.256. The molecule has 4 aromatic rings. The van der Waals surface area contributed by atoms with Crippen molar-refractivity contribution in [2.24, 2.45) is 0 Å². The minimum atomic E-state index is -2.77. The predicted molar refractivity (Wildman–Crippen MR) is 122 cm³/mol. The molecule has 0 spiro atoms. The molecule has 0 saturated carbocycles. The molecule has 28 heavy (non-hydrogen) atoms. The highest BCUT2D eigenvalue weighted by Crippen LogP contribution is 2.17. The van der Waals surface area contributed by atoms with Gasteiger partial charge in [-0.15, -0.1) is 11.3 Å². The van der Waals surface area contributed by atoms with Gasteiger partial charge in [-0.25, -0.2) is 0 Å². The molecule has 0 radical (unpaired) electrons. The molecule has 3 aromatic carbocycles. The van der Waals surface area contributed by atoms with E-state index in [9.17, 15) is 0 Å². The molecule has 1 heterocycles. The summed E-state index contributed by atoms with van der Waals surface area (Å²) < 4.78 is 6.67. The van der Waals surface area contributed by atoms with Gasteiger partial charge < -0.3 is 4.53 Å². The lowest BCUT2D eigenvalue weighted by Crippen LogP contribution is -2.70. The summed E-state index contributed by atoms with van der Waals surface area (Å²) in [7, 11) is -2.77. The van der Waals surface area contributed by atoms with E-state index in [2.05, 4.69) is 84.9 Å². The fraction of sp³-hybridized carbons (Fsp3) is 0. The van der Waals surface area contributed by atoms with Crippen LogP contribution in [-0.4, -0.2) is 8.32 Å². The van der Waals surface area contributed by atoms with Crippen LogP contribution in [0.3, 0.4) is 0 Å². The second-order valence-corrected chi connectivity index (χ2v) is 10.7. The quantitative estimate of drug-likeness (QED) is 0.289. The van der Waals surface area contributed by atoms with E-state index in [-0.39, 0.29) is 0 Å². The normalized spacial score (nSPS) is 11.1. The summed E-state index contributed by atoms with van der Waals surface area (Å²) >= 11 is 1.64. The maximum Gasteiger partial charge on any atom is 0.321 e. The van der Waals surface area contributed by atoms with E-state index in [4.69, 9.17) is 4.53 Å². The lowest BCUT2D eigenvalue weighted by atomic mass is 10.3. The Morgan fingerprint density at radius 2 is 1.14 bits per heavy atom. The lowest BCUT2D eigenvalue weighted by Gasteiger charge is -2.32. The van der Waals surface area contributed by atoms with Gasteiger partial charge in [-0.3, -0.25) is 5.48 Å². The Hall–Kier alpha value is -2.92. The van der Waals surface area contributed by atoms with Gasteiger partial charge >= 0.3 is 8.32 Å². The van der Waals surface area contributed by atoms with Crippen LogP contribution < -0.4 is 21.0 Å². The first-order valence-electron chi connectivity index (χ1n) is 9.14. The van der Waals surface area contributed by atoms with Crippen molar-refractivity contribution in [3.05, 3.63) is 120 Å². The third kappa shape index (κ3) is 3.58. The van der Waals surface area contributed by atoms with Gasteiger partial charge in [0.2, 0.25) is 0 Å². The van der Waals surface area contributed by atoms with Crippen molar-refractivity contribution in [3.63, 3.8) is 0 Å². The number of hydroxylamine groups is 1. The number of rotatable bonds is 7. The van der Waals surface area contributed by atoms with E-state index in [1.807, 2.05) is 35.7 Å². The largest absolute Gasteiger partial charge is 0.321 e. The van der Waals surface area contributed by atoms with E-state index in [0.29, 0.717) is 0 Å². The molecule has 0 fully saturated rings. The molecule has 4 heteroatoms. The molecule has 4 rings (SSSR count). The predicted octanol–water partition coefficient (Wildman–Crippen LogP) is 3.91. The van der Waals surface area contributed by atoms with Crippen LogP contribution in [0.15, 0.2) is 115 Å². The molecule has 2 nitrogen and oxygen atoms in total. The Morgan fingerprint density at radius 3 is 1.54 bits per heavy atom. The van der Waals surface area contributed by atoms with Crippen molar-refractivity contribution in [1.82, 2.24) is 5.48 Å². The monoisotopic (exact) mass is 399 g/mol. The first-order chi connectivity index (χ1) is 13.8. The molecule has 1 N–H and O–H groups in total. The van der Waals surface area contributed by atoms with Crippen LogP contribution in [0.25, 0.3) is 5.70 Å². The molecule has 0 bridgehead atoms. The summed E-state index contributed by atoms with van der Waals surface area (Å²) in [4.78, 5) is 1.07. The summed E-state index contributed by atoms with van der Waals surface area (Å²) in [6.45, 7) is 4.18. The maximum absolute atomic E-state index is 6.67. The maximum atomic E-state index is 6.67. The average molecular weight is 400 g/mol. The summed E-state index contributed by atoms with van der Waals surface area (Å²) in [5.74, 6) is 0. The summed E-state index contributed by atoms with van der Waals surface area (Å²) in [5.41, 5.74) is 3.97. The SMILES string of the molecule is C=C(NO[Si](c1ccccc1)(c1ccccc1)c1ccccc1)c1cccs1. The third-order valence-electron chi connectivity index (χ3n) is 4.69. The highest BCUT2D eigenvalue weighted by molar-refractivity contribution is 7.11. The van der Waals surface area contributed by atoms with Crippen LogP contribution >= 0.6 is 11.3 Å². The van der Waals surface area contributed by atoms with Crippen molar-refractivity contribution in [1.29, 1.82) is 0 Å². The van der Waals surface area contributed by atoms with Crippen LogP contribution in [0, 0.1) is 0 Å². The zero-order chi connectivity index (χ0) is 19.2. The van der Waals surface area contributed by atoms with E-state index < -0.39 is 8.32 Å². The van der Waals surface area contributed by atoms with Gasteiger partial charge in [-0.2, -0.15) is 0 Å². The number of nitrogens with one attached hydrogen (secondary N) is 1. The number of thiophene rings is 1. The molecule has 0 aliphatic rings. The Balaban J connectivity index is 1.84. The van der Waals surface area contributed by atoms with Crippen LogP contribution in [-0.2, 0) is 4.53 Å². The summed E-state index contributed by atoms with van der Waals surface area (Å²) in [6.07, 6.45) is 0. The Morgan fingerprint density at radius 1 is 0.679 bits per heavy atom. The second-order valence-electron chi connectivity index (χ2n) is 6.44. The van der Waals surface area contributed by atoms with Crippen molar-refractivity contribution in [3.8, 4) is 0 Å². The summed E-state index contributed by atoms with van der Waals surface area (Å²) in [6, 6.07) is 35.5. The fourth-order valence-electron chi connectivity index (χ4n) is 3.33. The fourth-order valence-corrected chi connectivity index (χ4v) is 7.59. The second kappa shape index (κ2) is 8.40. The van der Waals surface area contributed by atoms with Crippen LogP contribution in [0.4, 0.5) is 0 Å². The van der Waals surface area contributed by atoms with Crippen molar-refractivity contribution < 1.29 is 4.53 Å². The van der Waals surface area contributed by atoms with Crippen LogP contribution in [0.2, 0.25) is 0 Å². The van der Waals surface area contributed by atoms with Gasteiger partial charge in [-0.1, -0.05) is 104 Å². The van der Waals surface area contributed by atoms with E-state index in [1.165, 1.54) is 15.6 Å². The van der Waals surface area contributed by atoms with Gasteiger partial charge in [-0.05, 0) is 27.0 Å². The molecule has 138 valence electrons. The summed E-state index contributed by atoms with van der Waals surface area (Å²) in [5, 5.41) is 5.58. The highest BCUT2D eigenvalue weighted by Gasteiger charge is 2.43. The van der Waals surface area contributed by atoms with Gasteiger partial charge in [0.05, 0.1) is 10.6 Å². The number of hydrogen-bond acceptors (Lipinski definition) is 3. The van der Waals surface area contributed by atoms with Gasteiger partial charge in [0, 0.05) is 0 Å². The zero-order valence-corrected chi connectivity index (χ0v) is 17.2. The molecule has 0 unspecified atom stereocenters. The standard InChI is InChI=1S/C24H21NOSSi/c1-20(24-18-11-19-27-24)25-26-28(21-12-5-2-6-13-21,22-14-7-3-8-15-22)23-16-9-4-10-17-23/h2-19,25H,1H2. The van der Waals surface area contributed by atoms with Crippen molar-refractivity contribution in [2.75, 3.05) is 0 Å². The molecule has 0 atom stereocenters. The number of benzene rings is 3. The molecule has 0 amide bonds. The zero-order valence-electron chi connectivity index (χ0n) is 15.4. The Kier molecular flexibility index (Phi) is 5.53. The van der Waals surface area contributed by atoms with Crippen molar-refractivity contribution >= 4 is 40.9 Å². The first-order valence-corrected chi connectivity index (χ1v) is 11.9. The molecular weight excluding hydrogens is 378 g/mol. The number of hydrogen-bond donors (Lipinski definition) is 1. The molecule has 0 aliphatic carbocycles. The van der Waals surface area contributed by atoms with Gasteiger partial charge in [0.1, 0.15) is 0 Å². The average Bonchev–Trinajstić information content (AvgIpc) is 3.31. The van der Waals surface area contributed by atoms with Crippen LogP contribution in [0.1, 0.15) is 4.88 Å². The molecule has 0 saturated heterocycles. The topological polar surface area (TPSA) is 21.3 Å². The van der Waals surface area contributed by atoms with E-state index in [0.717, 1.165) is 10.6 Å². The highest BCUT2D eigenvalue weighted by atomic mass is 32.1. The Labute approximate surface area is 170 Å². The van der Waals surface area contributed by atoms with Crippen molar-refractivity contribution in [2.45, 2.75) is 0 Å². The Bertz CT molecular complexity index is 922. The third-order valence-corrected chi connectivity index (χ3v) is 9.46. The minimum absolute atomic E-state index is 0.773. The molecular formula is C24H21NOSSi. The minimum Gasteiger partial charge on any atom is -0.305 e. The smallest absolute Gasteiger partial charge is 0.305 e. The molecule has 0 aliphatic heterocycles. The van der Waals surface area contributed by atoms with Crippen LogP contribution in [0.5, 0.6) is 0 Å². The van der Waals surface area contributed by atoms with Gasteiger partial charge in [0.25, 0.3) is 0 Å². The molecule has 1 aromatic heterocycles. The first kappa shape index (κ1) is 18.4. The van der Waals surface area contributed by atoms with E-state index >= 15 is 0 Å². The van der Waals surface area contributed by atoms with E-state index in [1.54, 1.807) is 11.3 Å². The van der Waals surface area contributed by atoms with Gasteiger partial charge in [0.15, 0.2) is 0 Å².